The van der Waals surface area contributed by atoms with Gasteiger partial charge in [-0.1, -0.05) is 0 Å². The van der Waals surface area contributed by atoms with E-state index >= 15 is 0 Å². The normalized spacial score (nSPS) is 16.1. The molecule has 0 aliphatic rings. The van der Waals surface area contributed by atoms with Crippen molar-refractivity contribution >= 4 is 5.97 Å². The molecule has 15 heavy (non-hydrogen) atoms. The third kappa shape index (κ3) is 5.55. The number of aliphatic carboxylic acids is 1. The van der Waals surface area contributed by atoms with Crippen LogP contribution >= 0.6 is 0 Å². The average molecular weight is 231 g/mol. The first kappa shape index (κ1) is 14.1. The second kappa shape index (κ2) is 5.89. The minimum absolute atomic E-state index is 0.295. The van der Waals surface area contributed by atoms with E-state index in [4.69, 9.17) is 15.3 Å². The fraction of sp³-hybridized carbons (Fsp3) is 0.857. The van der Waals surface area contributed by atoms with Gasteiger partial charge in [-0.3, -0.25) is 4.79 Å². The molecule has 90 valence electrons. The Morgan fingerprint density at radius 3 is 2.20 bits per heavy atom. The summed E-state index contributed by atoms with van der Waals surface area (Å²) < 4.78 is 36.1. The van der Waals surface area contributed by atoms with Crippen LogP contribution in [0.3, 0.4) is 0 Å². The number of alkyl halides is 3. The van der Waals surface area contributed by atoms with Crippen LogP contribution in [-0.2, 0) is 4.79 Å². The van der Waals surface area contributed by atoms with E-state index in [0.717, 1.165) is 0 Å². The molecule has 0 aromatic carbocycles. The van der Waals surface area contributed by atoms with Crippen molar-refractivity contribution in [2.75, 3.05) is 19.7 Å². The average Bonchev–Trinajstić information content (AvgIpc) is 2.09. The highest BCUT2D eigenvalue weighted by molar-refractivity contribution is 5.71. The molecular weight excluding hydrogens is 219 g/mol. The van der Waals surface area contributed by atoms with E-state index in [1.165, 1.54) is 0 Å². The highest BCUT2D eigenvalue weighted by Gasteiger charge is 2.44. The summed E-state index contributed by atoms with van der Waals surface area (Å²) in [7, 11) is 0. The van der Waals surface area contributed by atoms with Gasteiger partial charge in [-0.25, -0.2) is 0 Å². The van der Waals surface area contributed by atoms with Crippen molar-refractivity contribution < 1.29 is 33.3 Å². The maximum absolute atomic E-state index is 12.0. The number of carboxylic acids is 1. The maximum Gasteiger partial charge on any atom is 0.403 e. The van der Waals surface area contributed by atoms with Crippen molar-refractivity contribution in [3.63, 3.8) is 0 Å². The number of hydrogen-bond acceptors (Lipinski definition) is 4. The Morgan fingerprint density at radius 1 is 1.33 bits per heavy atom. The van der Waals surface area contributed by atoms with E-state index in [-0.39, 0.29) is 6.54 Å². The molecule has 8 heteroatoms. The number of nitrogens with one attached hydrogen (secondary N) is 1. The molecule has 0 aromatic heterocycles. The van der Waals surface area contributed by atoms with E-state index in [2.05, 4.69) is 5.32 Å². The SMILES string of the molecule is O=C(O)C(CNCC(O)CO)C(F)(F)F. The molecule has 0 saturated carbocycles. The van der Waals surface area contributed by atoms with Gasteiger partial charge in [0, 0.05) is 13.1 Å². The summed E-state index contributed by atoms with van der Waals surface area (Å²) in [5.41, 5.74) is 0. The van der Waals surface area contributed by atoms with Crippen molar-refractivity contribution in [3.05, 3.63) is 0 Å². The second-order valence-corrected chi connectivity index (χ2v) is 2.93. The second-order valence-electron chi connectivity index (χ2n) is 2.93. The number of rotatable bonds is 6. The van der Waals surface area contributed by atoms with Crippen LogP contribution in [0.15, 0.2) is 0 Å². The number of hydrogen-bond donors (Lipinski definition) is 4. The Balaban J connectivity index is 4.05. The molecule has 0 heterocycles. The standard InChI is InChI=1S/C7H12F3NO4/c8-7(9,10)5(6(14)15)2-11-1-4(13)3-12/h4-5,11-13H,1-3H2,(H,14,15). The molecule has 0 aliphatic heterocycles. The summed E-state index contributed by atoms with van der Waals surface area (Å²) in [6.07, 6.45) is -6.03. The van der Waals surface area contributed by atoms with Crippen molar-refractivity contribution in [1.82, 2.24) is 5.32 Å². The Kier molecular flexibility index (Phi) is 5.55. The lowest BCUT2D eigenvalue weighted by Crippen LogP contribution is -2.41. The molecule has 0 amide bonds. The lowest BCUT2D eigenvalue weighted by molar-refractivity contribution is -0.192. The lowest BCUT2D eigenvalue weighted by atomic mass is 10.1. The van der Waals surface area contributed by atoms with Gasteiger partial charge in [0.1, 0.15) is 0 Å². The first-order valence-corrected chi connectivity index (χ1v) is 4.08. The zero-order valence-electron chi connectivity index (χ0n) is 7.66. The first-order chi connectivity index (χ1) is 6.79. The highest BCUT2D eigenvalue weighted by atomic mass is 19.4. The summed E-state index contributed by atoms with van der Waals surface area (Å²) >= 11 is 0. The molecule has 2 atom stereocenters. The summed E-state index contributed by atoms with van der Waals surface area (Å²) in [6.45, 7) is -1.73. The van der Waals surface area contributed by atoms with Crippen molar-refractivity contribution in [1.29, 1.82) is 0 Å². The molecule has 0 spiro atoms. The largest absolute Gasteiger partial charge is 0.481 e. The van der Waals surface area contributed by atoms with Crippen LogP contribution in [0.2, 0.25) is 0 Å². The van der Waals surface area contributed by atoms with Gasteiger partial charge in [0.15, 0.2) is 5.92 Å². The molecule has 0 saturated heterocycles. The molecule has 0 radical (unpaired) electrons. The van der Waals surface area contributed by atoms with Gasteiger partial charge in [-0.15, -0.1) is 0 Å². The van der Waals surface area contributed by atoms with Crippen LogP contribution in [0, 0.1) is 5.92 Å². The van der Waals surface area contributed by atoms with Crippen LogP contribution < -0.4 is 5.32 Å². The van der Waals surface area contributed by atoms with E-state index in [1.807, 2.05) is 0 Å². The van der Waals surface area contributed by atoms with Gasteiger partial charge in [-0.2, -0.15) is 13.2 Å². The fourth-order valence-corrected chi connectivity index (χ4v) is 0.802. The number of halogens is 3. The third-order valence-corrected chi connectivity index (χ3v) is 1.63. The molecule has 0 fully saturated rings. The number of carboxylic acid groups (broad SMARTS) is 1. The number of aliphatic hydroxyl groups excluding tert-OH is 2. The van der Waals surface area contributed by atoms with Gasteiger partial charge >= 0.3 is 12.1 Å². The monoisotopic (exact) mass is 231 g/mol. The Hall–Kier alpha value is -0.860. The van der Waals surface area contributed by atoms with Gasteiger partial charge in [0.2, 0.25) is 0 Å². The molecule has 0 rings (SSSR count). The summed E-state index contributed by atoms with van der Waals surface area (Å²) in [4.78, 5) is 10.2. The van der Waals surface area contributed by atoms with Gasteiger partial charge in [-0.05, 0) is 0 Å². The molecule has 0 aliphatic carbocycles. The molecule has 0 bridgehead atoms. The van der Waals surface area contributed by atoms with E-state index in [1.54, 1.807) is 0 Å². The molecule has 2 unspecified atom stereocenters. The molecule has 0 aromatic rings. The van der Waals surface area contributed by atoms with E-state index in [0.29, 0.717) is 0 Å². The minimum atomic E-state index is -4.83. The van der Waals surface area contributed by atoms with Crippen LogP contribution in [0.4, 0.5) is 13.2 Å². The Labute approximate surface area is 83.5 Å². The topological polar surface area (TPSA) is 89.8 Å². The fourth-order valence-electron chi connectivity index (χ4n) is 0.802. The zero-order chi connectivity index (χ0) is 12.1. The Bertz CT molecular complexity index is 209. The first-order valence-electron chi connectivity index (χ1n) is 4.08. The summed E-state index contributed by atoms with van der Waals surface area (Å²) in [6, 6.07) is 0. The van der Waals surface area contributed by atoms with Crippen molar-refractivity contribution in [3.8, 4) is 0 Å². The lowest BCUT2D eigenvalue weighted by Gasteiger charge is -2.17. The predicted octanol–water partition coefficient (Wildman–Crippen LogP) is -0.808. The smallest absolute Gasteiger partial charge is 0.403 e. The van der Waals surface area contributed by atoms with E-state index < -0.39 is 37.3 Å². The molecule has 4 N–H and O–H groups in total. The van der Waals surface area contributed by atoms with Gasteiger partial charge < -0.3 is 20.6 Å². The molecular formula is C7H12F3NO4. The van der Waals surface area contributed by atoms with E-state index in [9.17, 15) is 18.0 Å². The zero-order valence-corrected chi connectivity index (χ0v) is 7.66. The minimum Gasteiger partial charge on any atom is -0.481 e. The van der Waals surface area contributed by atoms with Crippen LogP contribution in [0.5, 0.6) is 0 Å². The number of carbonyl (C=O) groups is 1. The maximum atomic E-state index is 12.0. The molecule has 5 nitrogen and oxygen atoms in total. The summed E-state index contributed by atoms with van der Waals surface area (Å²) in [5, 5.41) is 27.5. The van der Waals surface area contributed by atoms with Crippen LogP contribution in [-0.4, -0.2) is 53.3 Å². The quantitative estimate of drug-likeness (QED) is 0.480. The van der Waals surface area contributed by atoms with Gasteiger partial charge in [0.05, 0.1) is 12.7 Å². The third-order valence-electron chi connectivity index (χ3n) is 1.63. The van der Waals surface area contributed by atoms with Crippen LogP contribution in [0.25, 0.3) is 0 Å². The Morgan fingerprint density at radius 2 is 1.87 bits per heavy atom. The van der Waals surface area contributed by atoms with Crippen molar-refractivity contribution in [2.45, 2.75) is 12.3 Å². The van der Waals surface area contributed by atoms with Crippen molar-refractivity contribution in [2.24, 2.45) is 5.92 Å². The van der Waals surface area contributed by atoms with Crippen LogP contribution in [0.1, 0.15) is 0 Å². The summed E-state index contributed by atoms with van der Waals surface area (Å²) in [5.74, 6) is -4.49. The highest BCUT2D eigenvalue weighted by Crippen LogP contribution is 2.25. The van der Waals surface area contributed by atoms with Gasteiger partial charge in [0.25, 0.3) is 0 Å². The predicted molar refractivity (Wildman–Crippen MR) is 43.1 cm³/mol. The number of aliphatic hydroxyl groups is 2.